The van der Waals surface area contributed by atoms with E-state index in [9.17, 15) is 19.5 Å². The number of carboxylic acid groups (broad SMARTS) is 1. The SMILES string of the molecule is Cc1ccc(/C(Nc2ccc(N(C)C(=O)CN3CCN(C)CC3)cc2)=C2/C(=O)Nc3ccc(C(=O)O)cc32)cc1. The number of carbonyl (C=O) groups is 3. The predicted octanol–water partition coefficient (Wildman–Crippen LogP) is 3.84. The summed E-state index contributed by atoms with van der Waals surface area (Å²) in [4.78, 5) is 43.9. The van der Waals surface area contributed by atoms with Crippen molar-refractivity contribution in [1.82, 2.24) is 9.80 Å². The summed E-state index contributed by atoms with van der Waals surface area (Å²) in [5.41, 5.74) is 5.47. The first-order chi connectivity index (χ1) is 19.2. The zero-order valence-electron chi connectivity index (χ0n) is 22.9. The highest BCUT2D eigenvalue weighted by Gasteiger charge is 2.29. The minimum atomic E-state index is -1.06. The highest BCUT2D eigenvalue weighted by Crippen LogP contribution is 2.38. The average molecular weight is 540 g/mol. The first-order valence-electron chi connectivity index (χ1n) is 13.2. The number of nitrogens with zero attached hydrogens (tertiary/aromatic N) is 3. The maximum Gasteiger partial charge on any atom is 0.335 e. The molecule has 3 aromatic rings. The predicted molar refractivity (Wildman–Crippen MR) is 157 cm³/mol. The van der Waals surface area contributed by atoms with Gasteiger partial charge in [0.2, 0.25) is 5.91 Å². The van der Waals surface area contributed by atoms with Crippen molar-refractivity contribution in [2.75, 3.05) is 62.4 Å². The van der Waals surface area contributed by atoms with Gasteiger partial charge in [-0.05, 0) is 62.0 Å². The lowest BCUT2D eigenvalue weighted by molar-refractivity contribution is -0.119. The first-order valence-corrected chi connectivity index (χ1v) is 13.2. The molecule has 0 bridgehead atoms. The van der Waals surface area contributed by atoms with E-state index in [2.05, 4.69) is 27.5 Å². The van der Waals surface area contributed by atoms with Crippen LogP contribution in [0.3, 0.4) is 0 Å². The van der Waals surface area contributed by atoms with E-state index in [4.69, 9.17) is 0 Å². The molecule has 1 saturated heterocycles. The molecule has 2 aliphatic rings. The van der Waals surface area contributed by atoms with E-state index in [1.54, 1.807) is 18.0 Å². The summed E-state index contributed by atoms with van der Waals surface area (Å²) in [5, 5.41) is 15.8. The van der Waals surface area contributed by atoms with E-state index in [-0.39, 0.29) is 17.4 Å². The minimum Gasteiger partial charge on any atom is -0.478 e. The normalized spacial score (nSPS) is 16.7. The van der Waals surface area contributed by atoms with Crippen molar-refractivity contribution >= 4 is 46.1 Å². The Morgan fingerprint density at radius 1 is 0.950 bits per heavy atom. The highest BCUT2D eigenvalue weighted by atomic mass is 16.4. The second-order valence-electron chi connectivity index (χ2n) is 10.3. The number of nitrogens with one attached hydrogen (secondary N) is 2. The third-order valence-electron chi connectivity index (χ3n) is 7.45. The Kier molecular flexibility index (Phi) is 7.68. The Hall–Kier alpha value is -4.47. The van der Waals surface area contributed by atoms with Crippen LogP contribution in [0.5, 0.6) is 0 Å². The molecule has 0 unspecified atom stereocenters. The summed E-state index contributed by atoms with van der Waals surface area (Å²) < 4.78 is 0. The fraction of sp³-hybridized carbons (Fsp3) is 0.258. The van der Waals surface area contributed by atoms with Crippen LogP contribution in [0.2, 0.25) is 0 Å². The Bertz CT molecular complexity index is 1470. The van der Waals surface area contributed by atoms with E-state index in [0.717, 1.165) is 48.7 Å². The van der Waals surface area contributed by atoms with Crippen molar-refractivity contribution in [3.63, 3.8) is 0 Å². The Balaban J connectivity index is 1.43. The minimum absolute atomic E-state index is 0.0289. The highest BCUT2D eigenvalue weighted by molar-refractivity contribution is 6.37. The lowest BCUT2D eigenvalue weighted by Crippen LogP contribution is -2.48. The number of benzene rings is 3. The van der Waals surface area contributed by atoms with E-state index in [0.29, 0.717) is 29.1 Å². The second-order valence-corrected chi connectivity index (χ2v) is 10.3. The van der Waals surface area contributed by atoms with Gasteiger partial charge in [0.15, 0.2) is 0 Å². The van der Waals surface area contributed by atoms with Crippen molar-refractivity contribution in [3.8, 4) is 0 Å². The van der Waals surface area contributed by atoms with Crippen molar-refractivity contribution in [2.24, 2.45) is 0 Å². The standard InChI is InChI=1S/C31H33N5O4/c1-20-4-6-21(7-5-20)29(28-25-18-22(31(39)40)8-13-26(25)33-30(28)38)32-23-9-11-24(12-10-23)35(3)27(37)19-36-16-14-34(2)15-17-36/h4-13,18,32H,14-17,19H2,1-3H3,(H,33,38)(H,39,40)/b29-28-. The number of piperazine rings is 1. The largest absolute Gasteiger partial charge is 0.478 e. The van der Waals surface area contributed by atoms with Crippen LogP contribution in [-0.4, -0.2) is 79.5 Å². The van der Waals surface area contributed by atoms with Gasteiger partial charge in [-0.3, -0.25) is 14.5 Å². The molecule has 9 nitrogen and oxygen atoms in total. The number of hydrogen-bond donors (Lipinski definition) is 3. The van der Waals surface area contributed by atoms with Crippen LogP contribution >= 0.6 is 0 Å². The molecule has 2 amide bonds. The smallest absolute Gasteiger partial charge is 0.335 e. The molecular formula is C31H33N5O4. The maximum atomic E-state index is 13.2. The van der Waals surface area contributed by atoms with Crippen LogP contribution in [0.15, 0.2) is 66.7 Å². The number of anilines is 3. The summed E-state index contributed by atoms with van der Waals surface area (Å²) in [6.45, 7) is 6.02. The number of hydrogen-bond acceptors (Lipinski definition) is 6. The fourth-order valence-corrected chi connectivity index (χ4v) is 4.91. The molecule has 2 aliphatic heterocycles. The molecule has 1 fully saturated rings. The van der Waals surface area contributed by atoms with Crippen LogP contribution in [0.25, 0.3) is 11.3 Å². The number of aryl methyl sites for hydroxylation is 1. The molecule has 0 saturated carbocycles. The molecule has 206 valence electrons. The molecule has 0 atom stereocenters. The van der Waals surface area contributed by atoms with Gasteiger partial charge in [0.05, 0.1) is 23.4 Å². The molecular weight excluding hydrogens is 506 g/mol. The van der Waals surface area contributed by atoms with E-state index >= 15 is 0 Å². The molecule has 40 heavy (non-hydrogen) atoms. The number of aromatic carboxylic acids is 1. The maximum absolute atomic E-state index is 13.2. The van der Waals surface area contributed by atoms with Gasteiger partial charge in [0.1, 0.15) is 0 Å². The summed E-state index contributed by atoms with van der Waals surface area (Å²) in [7, 11) is 3.87. The van der Waals surface area contributed by atoms with Gasteiger partial charge in [-0.25, -0.2) is 4.79 Å². The number of fused-ring (bicyclic) bond motifs is 1. The van der Waals surface area contributed by atoms with Crippen molar-refractivity contribution < 1.29 is 19.5 Å². The van der Waals surface area contributed by atoms with Crippen molar-refractivity contribution in [2.45, 2.75) is 6.92 Å². The molecule has 0 aliphatic carbocycles. The second kappa shape index (κ2) is 11.3. The average Bonchev–Trinajstić information content (AvgIpc) is 3.28. The zero-order valence-corrected chi connectivity index (χ0v) is 22.9. The number of carbonyl (C=O) groups excluding carboxylic acids is 2. The van der Waals surface area contributed by atoms with Crippen LogP contribution in [0.4, 0.5) is 17.1 Å². The summed E-state index contributed by atoms with van der Waals surface area (Å²) in [5.74, 6) is -1.35. The number of amides is 2. The van der Waals surface area contributed by atoms with Gasteiger partial charge >= 0.3 is 5.97 Å². The lowest BCUT2D eigenvalue weighted by Gasteiger charge is -2.32. The van der Waals surface area contributed by atoms with E-state index in [1.807, 2.05) is 55.5 Å². The van der Waals surface area contributed by atoms with Crippen LogP contribution in [-0.2, 0) is 9.59 Å². The molecule has 5 rings (SSSR count). The third kappa shape index (κ3) is 5.75. The number of likely N-dealkylation sites (N-methyl/N-ethyl adjacent to an activating group) is 2. The van der Waals surface area contributed by atoms with Crippen molar-refractivity contribution in [3.05, 3.63) is 89.0 Å². The Morgan fingerprint density at radius 2 is 1.60 bits per heavy atom. The van der Waals surface area contributed by atoms with Crippen LogP contribution < -0.4 is 15.5 Å². The summed E-state index contributed by atoms with van der Waals surface area (Å²) in [6.07, 6.45) is 0. The van der Waals surface area contributed by atoms with Crippen LogP contribution in [0, 0.1) is 6.92 Å². The third-order valence-corrected chi connectivity index (χ3v) is 7.45. The first kappa shape index (κ1) is 27.1. The zero-order chi connectivity index (χ0) is 28.4. The topological polar surface area (TPSA) is 105 Å². The van der Waals surface area contributed by atoms with Gasteiger partial charge < -0.3 is 25.5 Å². The fourth-order valence-electron chi connectivity index (χ4n) is 4.91. The van der Waals surface area contributed by atoms with Gasteiger partial charge in [-0.15, -0.1) is 0 Å². The summed E-state index contributed by atoms with van der Waals surface area (Å²) >= 11 is 0. The van der Waals surface area contributed by atoms with Crippen LogP contribution in [0.1, 0.15) is 27.0 Å². The molecule has 9 heteroatoms. The van der Waals surface area contributed by atoms with E-state index < -0.39 is 5.97 Å². The van der Waals surface area contributed by atoms with Gasteiger partial charge in [-0.1, -0.05) is 29.8 Å². The number of rotatable bonds is 7. The monoisotopic (exact) mass is 539 g/mol. The Morgan fingerprint density at radius 3 is 2.25 bits per heavy atom. The number of carboxylic acids is 1. The quantitative estimate of drug-likeness (QED) is 0.392. The van der Waals surface area contributed by atoms with E-state index in [1.165, 1.54) is 12.1 Å². The van der Waals surface area contributed by atoms with Crippen molar-refractivity contribution in [1.29, 1.82) is 0 Å². The lowest BCUT2D eigenvalue weighted by atomic mass is 9.98. The van der Waals surface area contributed by atoms with Gasteiger partial charge in [0.25, 0.3) is 5.91 Å². The van der Waals surface area contributed by atoms with Gasteiger partial charge in [-0.2, -0.15) is 0 Å². The molecule has 0 radical (unpaired) electrons. The summed E-state index contributed by atoms with van der Waals surface area (Å²) in [6, 6.07) is 19.9. The molecule has 0 aromatic heterocycles. The molecule has 3 N–H and O–H groups in total. The molecule has 0 spiro atoms. The Labute approximate surface area is 233 Å². The molecule has 3 aromatic carbocycles. The molecule has 2 heterocycles. The van der Waals surface area contributed by atoms with Gasteiger partial charge in [0, 0.05) is 55.9 Å².